The van der Waals surface area contributed by atoms with Crippen LogP contribution in [-0.4, -0.2) is 40.3 Å². The van der Waals surface area contributed by atoms with E-state index in [4.69, 9.17) is 4.74 Å². The predicted octanol–water partition coefficient (Wildman–Crippen LogP) is 3.13. The van der Waals surface area contributed by atoms with Gasteiger partial charge in [-0.1, -0.05) is 20.8 Å². The van der Waals surface area contributed by atoms with Gasteiger partial charge >= 0.3 is 12.1 Å². The van der Waals surface area contributed by atoms with Gasteiger partial charge in [-0.3, -0.25) is 4.90 Å². The Bertz CT molecular complexity index is 378. The molecule has 1 N–H and O–H groups in total. The fourth-order valence-electron chi connectivity index (χ4n) is 2.73. The number of carboxylic acid groups (broad SMARTS) is 1. The van der Waals surface area contributed by atoms with Crippen molar-refractivity contribution < 1.29 is 19.4 Å². The molecule has 0 spiro atoms. The molecule has 0 aromatic rings. The fraction of sp³-hybridized carbons (Fsp3) is 0.867. The number of rotatable bonds is 1. The van der Waals surface area contributed by atoms with Crippen LogP contribution in [0.5, 0.6) is 0 Å². The summed E-state index contributed by atoms with van der Waals surface area (Å²) in [4.78, 5) is 25.3. The molecule has 0 aromatic carbocycles. The molecule has 5 heteroatoms. The van der Waals surface area contributed by atoms with Crippen LogP contribution in [0, 0.1) is 11.3 Å². The normalized spacial score (nSPS) is 24.4. The summed E-state index contributed by atoms with van der Waals surface area (Å²) < 4.78 is 5.34. The van der Waals surface area contributed by atoms with Crippen molar-refractivity contribution in [1.82, 2.24) is 4.90 Å². The van der Waals surface area contributed by atoms with Gasteiger partial charge in [-0.2, -0.15) is 0 Å². The Kier molecular flexibility index (Phi) is 4.72. The Hall–Kier alpha value is -1.26. The van der Waals surface area contributed by atoms with E-state index in [1.807, 2.05) is 20.8 Å². The maximum Gasteiger partial charge on any atom is 0.411 e. The van der Waals surface area contributed by atoms with Gasteiger partial charge in [0, 0.05) is 6.54 Å². The van der Waals surface area contributed by atoms with Crippen LogP contribution in [0.2, 0.25) is 0 Å². The number of carbonyl (C=O) groups excluding carboxylic acids is 1. The molecule has 1 fully saturated rings. The van der Waals surface area contributed by atoms with Gasteiger partial charge in [0.05, 0.1) is 0 Å². The average molecular weight is 285 g/mol. The molecule has 1 aliphatic heterocycles. The van der Waals surface area contributed by atoms with Gasteiger partial charge in [-0.25, -0.2) is 9.59 Å². The fourth-order valence-corrected chi connectivity index (χ4v) is 2.73. The zero-order valence-electron chi connectivity index (χ0n) is 13.4. The highest BCUT2D eigenvalue weighted by molar-refractivity contribution is 5.81. The highest BCUT2D eigenvalue weighted by atomic mass is 16.6. The van der Waals surface area contributed by atoms with Gasteiger partial charge < -0.3 is 9.84 Å². The first-order chi connectivity index (χ1) is 8.93. The number of aliphatic carboxylic acids is 1. The third kappa shape index (κ3) is 4.12. The summed E-state index contributed by atoms with van der Waals surface area (Å²) in [6.07, 6.45) is 1.10. The molecule has 116 valence electrons. The first-order valence-electron chi connectivity index (χ1n) is 7.16. The second kappa shape index (κ2) is 5.62. The third-order valence-electron chi connectivity index (χ3n) is 3.62. The molecule has 0 aliphatic carbocycles. The van der Waals surface area contributed by atoms with E-state index in [-0.39, 0.29) is 11.3 Å². The molecule has 1 rings (SSSR count). The summed E-state index contributed by atoms with van der Waals surface area (Å²) in [6, 6.07) is -0.807. The molecule has 1 aliphatic rings. The summed E-state index contributed by atoms with van der Waals surface area (Å²) in [6.45, 7) is 11.9. The van der Waals surface area contributed by atoms with E-state index in [0.717, 1.165) is 12.8 Å². The molecule has 2 atom stereocenters. The summed E-state index contributed by atoms with van der Waals surface area (Å²) in [5.74, 6) is -1.02. The first kappa shape index (κ1) is 16.8. The molecule has 0 bridgehead atoms. The molecule has 1 heterocycles. The van der Waals surface area contributed by atoms with E-state index >= 15 is 0 Å². The van der Waals surface area contributed by atoms with Gasteiger partial charge in [0.2, 0.25) is 0 Å². The lowest BCUT2D eigenvalue weighted by Crippen LogP contribution is -2.56. The molecule has 20 heavy (non-hydrogen) atoms. The van der Waals surface area contributed by atoms with Crippen LogP contribution in [0.4, 0.5) is 4.79 Å². The van der Waals surface area contributed by atoms with Crippen molar-refractivity contribution >= 4 is 12.1 Å². The zero-order chi connectivity index (χ0) is 15.7. The highest BCUT2D eigenvalue weighted by Gasteiger charge is 2.45. The summed E-state index contributed by atoms with van der Waals surface area (Å²) in [7, 11) is 0. The van der Waals surface area contributed by atoms with Crippen molar-refractivity contribution in [2.75, 3.05) is 6.54 Å². The number of carboxylic acids is 1. The number of likely N-dealkylation sites (tertiary alicyclic amines) is 1. The van der Waals surface area contributed by atoms with Crippen molar-refractivity contribution in [2.24, 2.45) is 11.3 Å². The van der Waals surface area contributed by atoms with Gasteiger partial charge in [0.1, 0.15) is 11.6 Å². The lowest BCUT2D eigenvalue weighted by Gasteiger charge is -2.44. The molecule has 1 saturated heterocycles. The Morgan fingerprint density at radius 1 is 1.15 bits per heavy atom. The third-order valence-corrected chi connectivity index (χ3v) is 3.62. The van der Waals surface area contributed by atoms with E-state index in [9.17, 15) is 14.7 Å². The molecule has 5 nitrogen and oxygen atoms in total. The van der Waals surface area contributed by atoms with E-state index in [1.54, 1.807) is 20.8 Å². The SMILES string of the molecule is CC(C)(C)OC(=O)N1CCC[C@H](C(C)(C)C)[C@H]1C(=O)O. The maximum absolute atomic E-state index is 12.2. The molecular formula is C15H27NO4. The standard InChI is InChI=1S/C15H27NO4/c1-14(2,3)10-8-7-9-16(11(10)12(17)18)13(19)20-15(4,5)6/h10-11H,7-9H2,1-6H3,(H,17,18)/t10-,11-/m0/s1. The number of hydrogen-bond acceptors (Lipinski definition) is 3. The predicted molar refractivity (Wildman–Crippen MR) is 76.5 cm³/mol. The van der Waals surface area contributed by atoms with Crippen molar-refractivity contribution in [2.45, 2.75) is 66.0 Å². The summed E-state index contributed by atoms with van der Waals surface area (Å²) in [5, 5.41) is 9.54. The Labute approximate surface area is 121 Å². The largest absolute Gasteiger partial charge is 0.480 e. The molecular weight excluding hydrogens is 258 g/mol. The number of hydrogen-bond donors (Lipinski definition) is 1. The number of carbonyl (C=O) groups is 2. The van der Waals surface area contributed by atoms with E-state index < -0.39 is 23.7 Å². The second-order valence-electron chi connectivity index (χ2n) is 7.57. The first-order valence-corrected chi connectivity index (χ1v) is 7.16. The smallest absolute Gasteiger partial charge is 0.411 e. The van der Waals surface area contributed by atoms with Crippen LogP contribution in [0.15, 0.2) is 0 Å². The Morgan fingerprint density at radius 2 is 1.70 bits per heavy atom. The maximum atomic E-state index is 12.2. The van der Waals surface area contributed by atoms with E-state index in [0.29, 0.717) is 6.54 Å². The van der Waals surface area contributed by atoms with E-state index in [1.165, 1.54) is 4.90 Å². The number of nitrogens with zero attached hydrogens (tertiary/aromatic N) is 1. The van der Waals surface area contributed by atoms with Crippen molar-refractivity contribution in [3.63, 3.8) is 0 Å². The van der Waals surface area contributed by atoms with Gasteiger partial charge in [-0.05, 0) is 44.9 Å². The van der Waals surface area contributed by atoms with Crippen LogP contribution in [-0.2, 0) is 9.53 Å². The van der Waals surface area contributed by atoms with Crippen LogP contribution in [0.25, 0.3) is 0 Å². The summed E-state index contributed by atoms with van der Waals surface area (Å²) in [5.41, 5.74) is -0.779. The molecule has 0 unspecified atom stereocenters. The Morgan fingerprint density at radius 3 is 2.10 bits per heavy atom. The molecule has 1 amide bonds. The molecule has 0 radical (unpaired) electrons. The minimum Gasteiger partial charge on any atom is -0.480 e. The van der Waals surface area contributed by atoms with Crippen molar-refractivity contribution in [1.29, 1.82) is 0 Å². The lowest BCUT2D eigenvalue weighted by molar-refractivity contribution is -0.149. The van der Waals surface area contributed by atoms with Gasteiger partial charge in [0.25, 0.3) is 0 Å². The second-order valence-corrected chi connectivity index (χ2v) is 7.57. The zero-order valence-corrected chi connectivity index (χ0v) is 13.4. The van der Waals surface area contributed by atoms with Crippen LogP contribution < -0.4 is 0 Å². The minimum absolute atomic E-state index is 0.0683. The molecule has 0 saturated carbocycles. The Balaban J connectivity index is 2.99. The van der Waals surface area contributed by atoms with E-state index in [2.05, 4.69) is 0 Å². The monoisotopic (exact) mass is 285 g/mol. The van der Waals surface area contributed by atoms with Crippen LogP contribution >= 0.6 is 0 Å². The van der Waals surface area contributed by atoms with Crippen LogP contribution in [0.3, 0.4) is 0 Å². The topological polar surface area (TPSA) is 66.8 Å². The number of amides is 1. The average Bonchev–Trinajstić information content (AvgIpc) is 2.24. The van der Waals surface area contributed by atoms with Crippen molar-refractivity contribution in [3.8, 4) is 0 Å². The van der Waals surface area contributed by atoms with Gasteiger partial charge in [0.15, 0.2) is 0 Å². The highest BCUT2D eigenvalue weighted by Crippen LogP contribution is 2.38. The quantitative estimate of drug-likeness (QED) is 0.803. The van der Waals surface area contributed by atoms with Crippen molar-refractivity contribution in [3.05, 3.63) is 0 Å². The van der Waals surface area contributed by atoms with Crippen LogP contribution in [0.1, 0.15) is 54.4 Å². The van der Waals surface area contributed by atoms with Gasteiger partial charge in [-0.15, -0.1) is 0 Å². The lowest BCUT2D eigenvalue weighted by atomic mass is 9.71. The summed E-state index contributed by atoms with van der Waals surface area (Å²) >= 11 is 0. The molecule has 0 aromatic heterocycles. The number of piperidine rings is 1. The number of ether oxygens (including phenoxy) is 1. The minimum atomic E-state index is -0.949.